The van der Waals surface area contributed by atoms with Gasteiger partial charge >= 0.3 is 12.0 Å². The van der Waals surface area contributed by atoms with Crippen molar-refractivity contribution in [2.24, 2.45) is 5.92 Å². The number of esters is 1. The third kappa shape index (κ3) is 2.85. The number of aromatic hydroxyl groups is 3. The smallest absolute Gasteiger partial charge is 0.315 e. The van der Waals surface area contributed by atoms with Crippen molar-refractivity contribution < 1.29 is 29.6 Å². The second-order valence-corrected chi connectivity index (χ2v) is 5.07. The van der Waals surface area contributed by atoms with Crippen molar-refractivity contribution >= 4 is 12.0 Å². The van der Waals surface area contributed by atoms with Crippen molar-refractivity contribution in [1.82, 2.24) is 10.6 Å². The Kier molecular flexibility index (Phi) is 4.30. The molecule has 2 rings (SSSR count). The number of phenolic OH excluding ortho intramolecular Hbond substituents is 3. The van der Waals surface area contributed by atoms with Crippen molar-refractivity contribution in [1.29, 1.82) is 0 Å². The fourth-order valence-electron chi connectivity index (χ4n) is 2.53. The summed E-state index contributed by atoms with van der Waals surface area (Å²) in [6, 6.07) is 0.579. The van der Waals surface area contributed by atoms with E-state index >= 15 is 0 Å². The van der Waals surface area contributed by atoms with Crippen molar-refractivity contribution in [3.63, 3.8) is 0 Å². The van der Waals surface area contributed by atoms with Gasteiger partial charge in [-0.2, -0.15) is 0 Å². The molecule has 1 fully saturated rings. The number of benzene rings is 1. The zero-order valence-corrected chi connectivity index (χ0v) is 12.2. The van der Waals surface area contributed by atoms with Crippen LogP contribution in [0.25, 0.3) is 0 Å². The maximum atomic E-state index is 12.1. The quantitative estimate of drug-likeness (QED) is 0.413. The molecule has 1 aliphatic rings. The molecule has 0 spiro atoms. The lowest BCUT2D eigenvalue weighted by Crippen LogP contribution is -2.57. The largest absolute Gasteiger partial charge is 0.504 e. The molecule has 120 valence electrons. The predicted molar refractivity (Wildman–Crippen MR) is 75.4 cm³/mol. The molecule has 1 aliphatic heterocycles. The molecule has 2 amide bonds. The lowest BCUT2D eigenvalue weighted by atomic mass is 9.86. The maximum absolute atomic E-state index is 12.1. The van der Waals surface area contributed by atoms with Crippen LogP contribution in [0.1, 0.15) is 25.5 Å². The van der Waals surface area contributed by atoms with Crippen LogP contribution < -0.4 is 10.6 Å². The third-order valence-electron chi connectivity index (χ3n) is 3.55. The summed E-state index contributed by atoms with van der Waals surface area (Å²) in [6.45, 7) is 3.52. The highest BCUT2D eigenvalue weighted by Crippen LogP contribution is 2.39. The van der Waals surface area contributed by atoms with E-state index in [0.717, 1.165) is 0 Å². The van der Waals surface area contributed by atoms with Gasteiger partial charge in [0.15, 0.2) is 17.2 Å². The van der Waals surface area contributed by atoms with Crippen LogP contribution in [0.2, 0.25) is 0 Å². The average molecular weight is 310 g/mol. The van der Waals surface area contributed by atoms with Crippen LogP contribution in [0.5, 0.6) is 17.2 Å². The van der Waals surface area contributed by atoms with Crippen molar-refractivity contribution in [3.05, 3.63) is 17.7 Å². The van der Waals surface area contributed by atoms with E-state index < -0.39 is 47.3 Å². The highest BCUT2D eigenvalue weighted by Gasteiger charge is 2.41. The number of hydrogen-bond donors (Lipinski definition) is 5. The van der Waals surface area contributed by atoms with Crippen LogP contribution in [0, 0.1) is 5.92 Å². The van der Waals surface area contributed by atoms with Crippen molar-refractivity contribution in [2.45, 2.75) is 25.9 Å². The number of hydrogen-bond acceptors (Lipinski definition) is 6. The molecular formula is C14H18N2O6. The van der Waals surface area contributed by atoms with Gasteiger partial charge in [0.25, 0.3) is 0 Å². The average Bonchev–Trinajstić information content (AvgIpc) is 2.43. The number of nitrogens with one attached hydrogen (secondary N) is 2. The summed E-state index contributed by atoms with van der Waals surface area (Å²) in [6.07, 6.45) is 0. The van der Waals surface area contributed by atoms with E-state index in [4.69, 9.17) is 4.74 Å². The van der Waals surface area contributed by atoms with E-state index in [1.807, 2.05) is 0 Å². The molecule has 1 aromatic carbocycles. The van der Waals surface area contributed by atoms with Crippen molar-refractivity contribution in [3.8, 4) is 17.2 Å². The standard InChI is InChI=1S/C14H18N2O6/c1-3-22-13(20)10-6(2)15-14(21)16-11(10)7-4-8(17)12(19)9(18)5-7/h4-6,10-11,17-19H,3H2,1-2H3,(H2,15,16,21). The Balaban J connectivity index is 2.43. The van der Waals surface area contributed by atoms with Crippen molar-refractivity contribution in [2.75, 3.05) is 6.61 Å². The second kappa shape index (κ2) is 6.00. The molecule has 5 N–H and O–H groups in total. The van der Waals surface area contributed by atoms with Gasteiger partial charge in [0.2, 0.25) is 0 Å². The van der Waals surface area contributed by atoms with Gasteiger partial charge in [-0.15, -0.1) is 0 Å². The Morgan fingerprint density at radius 2 is 1.82 bits per heavy atom. The minimum Gasteiger partial charge on any atom is -0.504 e. The maximum Gasteiger partial charge on any atom is 0.315 e. The van der Waals surface area contributed by atoms with E-state index in [-0.39, 0.29) is 12.2 Å². The molecule has 22 heavy (non-hydrogen) atoms. The number of rotatable bonds is 3. The SMILES string of the molecule is CCOC(=O)C1C(C)NC(=O)NC1c1cc(O)c(O)c(O)c1. The summed E-state index contributed by atoms with van der Waals surface area (Å²) in [5, 5.41) is 33.8. The molecule has 0 radical (unpaired) electrons. The molecule has 1 heterocycles. The lowest BCUT2D eigenvalue weighted by Gasteiger charge is -2.36. The van der Waals surface area contributed by atoms with Crippen LogP contribution >= 0.6 is 0 Å². The summed E-state index contributed by atoms with van der Waals surface area (Å²) >= 11 is 0. The number of urea groups is 1. The van der Waals surface area contributed by atoms with Gasteiger partial charge in [-0.1, -0.05) is 0 Å². The van der Waals surface area contributed by atoms with E-state index in [2.05, 4.69) is 10.6 Å². The first kappa shape index (κ1) is 15.7. The van der Waals surface area contributed by atoms with Crippen LogP contribution in [-0.4, -0.2) is 40.0 Å². The van der Waals surface area contributed by atoms with E-state index in [1.54, 1.807) is 13.8 Å². The van der Waals surface area contributed by atoms with Gasteiger partial charge in [0, 0.05) is 6.04 Å². The summed E-state index contributed by atoms with van der Waals surface area (Å²) in [4.78, 5) is 23.8. The minimum absolute atomic E-state index is 0.189. The second-order valence-electron chi connectivity index (χ2n) is 5.07. The molecule has 3 unspecified atom stereocenters. The minimum atomic E-state index is -0.805. The summed E-state index contributed by atoms with van der Waals surface area (Å²) in [5.41, 5.74) is 0.285. The molecule has 1 saturated heterocycles. The highest BCUT2D eigenvalue weighted by atomic mass is 16.5. The predicted octanol–water partition coefficient (Wildman–Crippen LogP) is 0.725. The number of carbonyl (C=O) groups is 2. The first-order valence-corrected chi connectivity index (χ1v) is 6.83. The van der Waals surface area contributed by atoms with Crippen LogP contribution in [0.4, 0.5) is 4.79 Å². The van der Waals surface area contributed by atoms with Crippen LogP contribution in [0.15, 0.2) is 12.1 Å². The molecule has 0 bridgehead atoms. The van der Waals surface area contributed by atoms with Gasteiger partial charge in [0.1, 0.15) is 5.92 Å². The molecule has 0 aromatic heterocycles. The molecule has 0 aliphatic carbocycles. The Hall–Kier alpha value is -2.64. The zero-order valence-electron chi connectivity index (χ0n) is 12.2. The Labute approximate surface area is 126 Å². The van der Waals surface area contributed by atoms with Gasteiger partial charge in [-0.3, -0.25) is 4.79 Å². The number of amides is 2. The summed E-state index contributed by atoms with van der Waals surface area (Å²) < 4.78 is 5.02. The Bertz CT molecular complexity index is 580. The lowest BCUT2D eigenvalue weighted by molar-refractivity contribution is -0.150. The molecule has 3 atom stereocenters. The Morgan fingerprint density at radius 1 is 1.23 bits per heavy atom. The fourth-order valence-corrected chi connectivity index (χ4v) is 2.53. The molecule has 1 aromatic rings. The van der Waals surface area contributed by atoms with E-state index in [9.17, 15) is 24.9 Å². The van der Waals surface area contributed by atoms with Gasteiger partial charge in [-0.25, -0.2) is 4.79 Å². The number of carbonyl (C=O) groups excluding carboxylic acids is 2. The molecule has 0 saturated carbocycles. The third-order valence-corrected chi connectivity index (χ3v) is 3.55. The monoisotopic (exact) mass is 310 g/mol. The van der Waals surface area contributed by atoms with E-state index in [1.165, 1.54) is 12.1 Å². The number of ether oxygens (including phenoxy) is 1. The van der Waals surface area contributed by atoms with Gasteiger partial charge in [-0.05, 0) is 31.5 Å². The normalized spacial score (nSPS) is 24.3. The first-order chi connectivity index (χ1) is 10.3. The molecule has 8 heteroatoms. The van der Waals surface area contributed by atoms with Crippen LogP contribution in [-0.2, 0) is 9.53 Å². The highest BCUT2D eigenvalue weighted by molar-refractivity contribution is 5.82. The molecular weight excluding hydrogens is 292 g/mol. The van der Waals surface area contributed by atoms with E-state index in [0.29, 0.717) is 0 Å². The van der Waals surface area contributed by atoms with Gasteiger partial charge < -0.3 is 30.7 Å². The summed E-state index contributed by atoms with van der Waals surface area (Å²) in [7, 11) is 0. The Morgan fingerprint density at radius 3 is 2.36 bits per heavy atom. The topological polar surface area (TPSA) is 128 Å². The molecule has 8 nitrogen and oxygen atoms in total. The number of phenols is 3. The summed E-state index contributed by atoms with van der Waals surface area (Å²) in [5.74, 6) is -3.01. The fraction of sp³-hybridized carbons (Fsp3) is 0.429. The van der Waals surface area contributed by atoms with Gasteiger partial charge in [0.05, 0.1) is 12.6 Å². The van der Waals surface area contributed by atoms with Crippen LogP contribution in [0.3, 0.4) is 0 Å². The first-order valence-electron chi connectivity index (χ1n) is 6.83. The zero-order chi connectivity index (χ0) is 16.4.